The van der Waals surface area contributed by atoms with Gasteiger partial charge in [-0.3, -0.25) is 9.59 Å². The fourth-order valence-corrected chi connectivity index (χ4v) is 3.28. The molecule has 3 rings (SSSR count). The smallest absolute Gasteiger partial charge is 0.254 e. The van der Waals surface area contributed by atoms with E-state index in [1.807, 2.05) is 61.5 Å². The van der Waals surface area contributed by atoms with E-state index in [4.69, 9.17) is 4.74 Å². The summed E-state index contributed by atoms with van der Waals surface area (Å²) in [5.74, 6) is -0.0313. The standard InChI is InChI=1S/C21H24N2O3/c1-15(22-21(25)20(26-2)16-8-4-3-5-9-16)17-10-6-11-18(14-17)23-13-7-12-19(23)24/h3-6,8-11,14-15,20H,7,12-13H2,1-2H3,(H,22,25). The minimum Gasteiger partial charge on any atom is -0.367 e. The van der Waals surface area contributed by atoms with Crippen molar-refractivity contribution in [2.45, 2.75) is 31.9 Å². The molecular formula is C21H24N2O3. The van der Waals surface area contributed by atoms with Crippen LogP contribution < -0.4 is 10.2 Å². The number of carbonyl (C=O) groups is 2. The molecule has 1 fully saturated rings. The molecule has 26 heavy (non-hydrogen) atoms. The highest BCUT2D eigenvalue weighted by Crippen LogP contribution is 2.25. The lowest BCUT2D eigenvalue weighted by molar-refractivity contribution is -0.132. The summed E-state index contributed by atoms with van der Waals surface area (Å²) < 4.78 is 5.39. The van der Waals surface area contributed by atoms with Gasteiger partial charge in [0.25, 0.3) is 5.91 Å². The van der Waals surface area contributed by atoms with E-state index in [9.17, 15) is 9.59 Å². The maximum absolute atomic E-state index is 12.7. The normalized spacial score (nSPS) is 16.4. The second-order valence-electron chi connectivity index (χ2n) is 6.50. The number of hydrogen-bond donors (Lipinski definition) is 1. The summed E-state index contributed by atoms with van der Waals surface area (Å²) in [6.07, 6.45) is 0.840. The molecule has 0 saturated carbocycles. The van der Waals surface area contributed by atoms with Gasteiger partial charge in [0, 0.05) is 25.8 Å². The van der Waals surface area contributed by atoms with Crippen molar-refractivity contribution in [1.29, 1.82) is 0 Å². The van der Waals surface area contributed by atoms with Gasteiger partial charge in [0.2, 0.25) is 5.91 Å². The lowest BCUT2D eigenvalue weighted by Crippen LogP contribution is -2.32. The van der Waals surface area contributed by atoms with E-state index in [-0.39, 0.29) is 17.9 Å². The first-order valence-corrected chi connectivity index (χ1v) is 8.88. The highest BCUT2D eigenvalue weighted by molar-refractivity contribution is 5.95. The summed E-state index contributed by atoms with van der Waals surface area (Å²) in [5.41, 5.74) is 2.66. The van der Waals surface area contributed by atoms with Crippen LogP contribution in [0.3, 0.4) is 0 Å². The Bertz CT molecular complexity index is 776. The third-order valence-corrected chi connectivity index (χ3v) is 4.69. The molecule has 2 amide bonds. The van der Waals surface area contributed by atoms with E-state index in [2.05, 4.69) is 5.32 Å². The van der Waals surface area contributed by atoms with Crippen LogP contribution in [0.5, 0.6) is 0 Å². The van der Waals surface area contributed by atoms with Gasteiger partial charge in [-0.05, 0) is 36.6 Å². The van der Waals surface area contributed by atoms with Crippen molar-refractivity contribution in [3.8, 4) is 0 Å². The summed E-state index contributed by atoms with van der Waals surface area (Å²) in [7, 11) is 1.53. The number of anilines is 1. The molecule has 2 unspecified atom stereocenters. The fourth-order valence-electron chi connectivity index (χ4n) is 3.28. The summed E-state index contributed by atoms with van der Waals surface area (Å²) in [6, 6.07) is 17.0. The van der Waals surface area contributed by atoms with Gasteiger partial charge in [-0.25, -0.2) is 0 Å². The van der Waals surface area contributed by atoms with Crippen LogP contribution in [0.1, 0.15) is 43.0 Å². The van der Waals surface area contributed by atoms with Crippen molar-refractivity contribution in [1.82, 2.24) is 5.32 Å². The molecule has 2 aromatic rings. The van der Waals surface area contributed by atoms with Crippen LogP contribution in [-0.2, 0) is 14.3 Å². The van der Waals surface area contributed by atoms with Crippen LogP contribution in [-0.4, -0.2) is 25.5 Å². The number of nitrogens with one attached hydrogen (secondary N) is 1. The Labute approximate surface area is 154 Å². The molecular weight excluding hydrogens is 328 g/mol. The SMILES string of the molecule is COC(C(=O)NC(C)c1cccc(N2CCCC2=O)c1)c1ccccc1. The zero-order valence-corrected chi connectivity index (χ0v) is 15.1. The molecule has 1 aliphatic rings. The largest absolute Gasteiger partial charge is 0.367 e. The Morgan fingerprint density at radius 2 is 1.85 bits per heavy atom. The van der Waals surface area contributed by atoms with Gasteiger partial charge in [0.05, 0.1) is 6.04 Å². The lowest BCUT2D eigenvalue weighted by atomic mass is 10.1. The van der Waals surface area contributed by atoms with E-state index in [0.717, 1.165) is 29.8 Å². The summed E-state index contributed by atoms with van der Waals surface area (Å²) >= 11 is 0. The molecule has 0 aliphatic carbocycles. The summed E-state index contributed by atoms with van der Waals surface area (Å²) in [5, 5.41) is 3.01. The van der Waals surface area contributed by atoms with Crippen molar-refractivity contribution in [3.05, 3.63) is 65.7 Å². The molecule has 136 valence electrons. The first-order valence-electron chi connectivity index (χ1n) is 8.88. The van der Waals surface area contributed by atoms with Gasteiger partial charge in [0.1, 0.15) is 0 Å². The molecule has 5 nitrogen and oxygen atoms in total. The molecule has 5 heteroatoms. The first-order chi connectivity index (χ1) is 12.6. The van der Waals surface area contributed by atoms with Crippen molar-refractivity contribution in [2.24, 2.45) is 0 Å². The summed E-state index contributed by atoms with van der Waals surface area (Å²) in [6.45, 7) is 2.68. The Balaban J connectivity index is 1.72. The van der Waals surface area contributed by atoms with Gasteiger partial charge in [-0.2, -0.15) is 0 Å². The second-order valence-corrected chi connectivity index (χ2v) is 6.50. The number of rotatable bonds is 6. The Morgan fingerprint density at radius 3 is 2.50 bits per heavy atom. The van der Waals surface area contributed by atoms with E-state index in [1.165, 1.54) is 7.11 Å². The highest BCUT2D eigenvalue weighted by Gasteiger charge is 2.24. The molecule has 1 saturated heterocycles. The number of methoxy groups -OCH3 is 1. The van der Waals surface area contributed by atoms with Gasteiger partial charge in [-0.1, -0.05) is 42.5 Å². The first kappa shape index (κ1) is 18.1. The zero-order chi connectivity index (χ0) is 18.5. The topological polar surface area (TPSA) is 58.6 Å². The van der Waals surface area contributed by atoms with Crippen molar-refractivity contribution >= 4 is 17.5 Å². The molecule has 0 spiro atoms. The van der Waals surface area contributed by atoms with Crippen LogP contribution in [0.2, 0.25) is 0 Å². The predicted octanol–water partition coefficient (Wildman–Crippen LogP) is 3.38. The number of ether oxygens (including phenoxy) is 1. The Kier molecular flexibility index (Phi) is 5.68. The number of carbonyl (C=O) groups excluding carboxylic acids is 2. The van der Waals surface area contributed by atoms with Crippen LogP contribution >= 0.6 is 0 Å². The van der Waals surface area contributed by atoms with Crippen molar-refractivity contribution < 1.29 is 14.3 Å². The number of amides is 2. The van der Waals surface area contributed by atoms with E-state index in [1.54, 1.807) is 4.90 Å². The number of nitrogens with zero attached hydrogens (tertiary/aromatic N) is 1. The number of benzene rings is 2. The average Bonchev–Trinajstić information content (AvgIpc) is 3.09. The maximum atomic E-state index is 12.7. The quantitative estimate of drug-likeness (QED) is 0.867. The van der Waals surface area contributed by atoms with E-state index >= 15 is 0 Å². The summed E-state index contributed by atoms with van der Waals surface area (Å²) in [4.78, 5) is 26.4. The molecule has 1 N–H and O–H groups in total. The second kappa shape index (κ2) is 8.15. The molecule has 0 radical (unpaired) electrons. The van der Waals surface area contributed by atoms with E-state index < -0.39 is 6.10 Å². The van der Waals surface area contributed by atoms with Crippen LogP contribution in [0.25, 0.3) is 0 Å². The lowest BCUT2D eigenvalue weighted by Gasteiger charge is -2.22. The molecule has 0 aromatic heterocycles. The van der Waals surface area contributed by atoms with E-state index in [0.29, 0.717) is 6.42 Å². The third kappa shape index (κ3) is 3.94. The minimum absolute atomic E-state index is 0.155. The van der Waals surface area contributed by atoms with Crippen LogP contribution in [0.15, 0.2) is 54.6 Å². The molecule has 1 heterocycles. The van der Waals surface area contributed by atoms with Gasteiger partial charge in [0.15, 0.2) is 6.10 Å². The fraction of sp³-hybridized carbons (Fsp3) is 0.333. The minimum atomic E-state index is -0.651. The molecule has 1 aliphatic heterocycles. The van der Waals surface area contributed by atoms with Crippen LogP contribution in [0, 0.1) is 0 Å². The number of hydrogen-bond acceptors (Lipinski definition) is 3. The maximum Gasteiger partial charge on any atom is 0.254 e. The van der Waals surface area contributed by atoms with Gasteiger partial charge >= 0.3 is 0 Å². The zero-order valence-electron chi connectivity index (χ0n) is 15.1. The van der Waals surface area contributed by atoms with Gasteiger partial charge in [-0.15, -0.1) is 0 Å². The molecule has 2 aromatic carbocycles. The molecule has 2 atom stereocenters. The third-order valence-electron chi connectivity index (χ3n) is 4.69. The van der Waals surface area contributed by atoms with Crippen LogP contribution in [0.4, 0.5) is 5.69 Å². The van der Waals surface area contributed by atoms with Gasteiger partial charge < -0.3 is 15.0 Å². The average molecular weight is 352 g/mol. The predicted molar refractivity (Wildman–Crippen MR) is 101 cm³/mol. The van der Waals surface area contributed by atoms with Crippen molar-refractivity contribution in [2.75, 3.05) is 18.6 Å². The highest BCUT2D eigenvalue weighted by atomic mass is 16.5. The Morgan fingerprint density at radius 1 is 1.12 bits per heavy atom. The molecule has 0 bridgehead atoms. The Hall–Kier alpha value is -2.66. The van der Waals surface area contributed by atoms with Crippen molar-refractivity contribution in [3.63, 3.8) is 0 Å². The monoisotopic (exact) mass is 352 g/mol.